The van der Waals surface area contributed by atoms with E-state index >= 15 is 0 Å². The summed E-state index contributed by atoms with van der Waals surface area (Å²) in [5, 5.41) is 14.9. The Kier molecular flexibility index (Phi) is 19.4. The Bertz CT molecular complexity index is 3830. The average molecular weight is 1280 g/mol. The molecule has 0 atom stereocenters. The summed E-state index contributed by atoms with van der Waals surface area (Å²) in [6, 6.07) is 24.6. The Morgan fingerprint density at radius 2 is 0.978 bits per heavy atom. The molecule has 4 aliphatic heterocycles. The van der Waals surface area contributed by atoms with E-state index in [2.05, 4.69) is 20.6 Å². The van der Waals surface area contributed by atoms with Crippen LogP contribution < -0.4 is 15.4 Å². The molecule has 2 fully saturated rings. The van der Waals surface area contributed by atoms with Gasteiger partial charge in [0.1, 0.15) is 52.1 Å². The minimum Gasteiger partial charge on any atom is -0.508 e. The number of amides is 2. The number of ether oxygens (including phenoxy) is 3. The number of carbonyl (C=O) groups excluding carboxylic acids is 4. The number of aliphatic imine (C=N–C) groups is 2. The van der Waals surface area contributed by atoms with Crippen LogP contribution in [0.2, 0.25) is 0 Å². The maximum Gasteiger partial charge on any atom is 0.416 e. The Morgan fingerprint density at radius 1 is 0.573 bits per heavy atom. The van der Waals surface area contributed by atoms with Gasteiger partial charge in [-0.1, -0.05) is 42.5 Å². The number of halogens is 6. The van der Waals surface area contributed by atoms with Crippen molar-refractivity contribution < 1.29 is 81.7 Å². The van der Waals surface area contributed by atoms with Gasteiger partial charge in [-0.25, -0.2) is 35.0 Å². The summed E-state index contributed by atoms with van der Waals surface area (Å²) >= 11 is 0. The third-order valence-corrected chi connectivity index (χ3v) is 19.1. The van der Waals surface area contributed by atoms with E-state index in [0.717, 1.165) is 52.1 Å². The van der Waals surface area contributed by atoms with E-state index in [9.17, 15) is 67.5 Å². The number of aryl methyl sites for hydroxylation is 4. The van der Waals surface area contributed by atoms with Gasteiger partial charge < -0.3 is 30.0 Å². The Balaban J connectivity index is 0.000000233. The first-order chi connectivity index (χ1) is 41.3. The van der Waals surface area contributed by atoms with E-state index in [4.69, 9.17) is 14.2 Å². The van der Waals surface area contributed by atoms with Crippen LogP contribution in [0.25, 0.3) is 0 Å². The van der Waals surface area contributed by atoms with Crippen molar-refractivity contribution in [3.63, 3.8) is 0 Å². The summed E-state index contributed by atoms with van der Waals surface area (Å²) < 4.78 is 153. The quantitative estimate of drug-likeness (QED) is 0.0656. The maximum atomic E-state index is 13.8. The van der Waals surface area contributed by atoms with Crippen molar-refractivity contribution in [1.82, 2.24) is 19.2 Å². The fourth-order valence-corrected chi connectivity index (χ4v) is 13.5. The number of esters is 2. The van der Waals surface area contributed by atoms with Gasteiger partial charge in [-0.05, 0) is 182 Å². The second kappa shape index (κ2) is 25.7. The van der Waals surface area contributed by atoms with Crippen molar-refractivity contribution in [2.24, 2.45) is 9.98 Å². The summed E-state index contributed by atoms with van der Waals surface area (Å²) in [5.41, 5.74) is -1.38. The molecule has 0 unspecified atom stereocenters. The summed E-state index contributed by atoms with van der Waals surface area (Å²) in [6.45, 7) is 14.4. The summed E-state index contributed by atoms with van der Waals surface area (Å²) in [4.78, 5) is 59.7. The van der Waals surface area contributed by atoms with Gasteiger partial charge >= 0.3 is 24.3 Å². The summed E-state index contributed by atoms with van der Waals surface area (Å²) in [6.07, 6.45) is -8.69. The van der Waals surface area contributed by atoms with Crippen LogP contribution in [0.4, 0.5) is 26.3 Å². The molecule has 2 amide bonds. The highest BCUT2D eigenvalue weighted by atomic mass is 32.2. The number of nitrogens with zero attached hydrogens (tertiary/aromatic N) is 4. The first-order valence-electron chi connectivity index (χ1n) is 28.6. The van der Waals surface area contributed by atoms with Gasteiger partial charge in [0.2, 0.25) is 20.0 Å². The first-order valence-corrected chi connectivity index (χ1v) is 31.8. The lowest BCUT2D eigenvalue weighted by Crippen LogP contribution is -2.50. The normalized spacial score (nSPS) is 17.3. The largest absolute Gasteiger partial charge is 0.508 e. The van der Waals surface area contributed by atoms with Crippen molar-refractivity contribution in [3.8, 4) is 11.5 Å². The molecule has 0 saturated carbocycles. The molecule has 9 rings (SSSR count). The van der Waals surface area contributed by atoms with Crippen molar-refractivity contribution in [1.29, 1.82) is 0 Å². The number of nitrogens with one attached hydrogen (secondary N) is 2. The molecular weight excluding hydrogens is 1210 g/mol. The number of sulfonamides is 2. The van der Waals surface area contributed by atoms with Crippen molar-refractivity contribution in [3.05, 3.63) is 164 Å². The number of carbonyl (C=O) groups is 4. The third-order valence-electron chi connectivity index (χ3n) is 15.3. The van der Waals surface area contributed by atoms with Crippen LogP contribution in [-0.2, 0) is 70.9 Å². The molecule has 3 N–H and O–H groups in total. The molecule has 2 spiro atoms. The zero-order valence-electron chi connectivity index (χ0n) is 50.3. The molecule has 0 aliphatic carbocycles. The van der Waals surface area contributed by atoms with E-state index in [1.165, 1.54) is 14.7 Å². The number of aromatic hydroxyl groups is 1. The number of rotatable bonds is 15. The smallest absolute Gasteiger partial charge is 0.416 e. The SMILES string of the molecule is Cc1cc(C(=O)OC(C)(C)C)ccc1CCS(=O)(=O)N1CCC2(CC1)N=C(c1cc(O)cc(C(F)(F)F)c1)NC2=O.Cc1cc(C(=O)OC(C)(C)C)ccc1CCS(=O)(=O)N1CCC2(CC1)N=C(c1cc(OCc3ccccc3)cc(C(F)(F)F)c1)NC2=O. The highest BCUT2D eigenvalue weighted by molar-refractivity contribution is 7.89. The summed E-state index contributed by atoms with van der Waals surface area (Å²) in [7, 11) is -7.42. The maximum absolute atomic E-state index is 13.8. The second-order valence-corrected chi connectivity index (χ2v) is 28.6. The van der Waals surface area contributed by atoms with Gasteiger partial charge in [0, 0.05) is 37.3 Å². The van der Waals surface area contributed by atoms with Crippen LogP contribution in [0, 0.1) is 13.8 Å². The lowest BCUT2D eigenvalue weighted by atomic mass is 9.89. The zero-order chi connectivity index (χ0) is 65.3. The molecule has 0 bridgehead atoms. The Morgan fingerprint density at radius 3 is 1.37 bits per heavy atom. The van der Waals surface area contributed by atoms with Crippen LogP contribution in [0.3, 0.4) is 0 Å². The van der Waals surface area contributed by atoms with Gasteiger partial charge in [-0.15, -0.1) is 0 Å². The van der Waals surface area contributed by atoms with Crippen molar-refractivity contribution in [2.75, 3.05) is 37.7 Å². The van der Waals surface area contributed by atoms with Crippen LogP contribution in [0.1, 0.15) is 138 Å². The molecule has 4 heterocycles. The van der Waals surface area contributed by atoms with E-state index in [1.54, 1.807) is 116 Å². The van der Waals surface area contributed by atoms with E-state index in [1.807, 2.05) is 6.07 Å². The van der Waals surface area contributed by atoms with E-state index in [0.29, 0.717) is 17.2 Å². The highest BCUT2D eigenvalue weighted by Gasteiger charge is 2.49. The van der Waals surface area contributed by atoms with Gasteiger partial charge in [-0.3, -0.25) is 19.6 Å². The standard InChI is InChI=1S/C35H38F3N3O6S.C28H32F3N3O6S/c1-23-18-26(31(42)47-33(2,3)4)11-10-25(23)12-17-48(44,45)41-15-13-34(14-16-41)32(43)39-30(40-34)27-19-28(35(36,37)38)21-29(20-27)46-22-24-8-6-5-7-9-24;1-17-13-19(24(36)40-26(2,3)4)6-5-18(17)7-12-41(38,39)34-10-8-27(9-11-34)25(37)32-23(33-27)20-14-21(28(29,30)31)16-22(35)15-20/h5-11,18-21H,12-17,22H2,1-4H3,(H,39,40,43);5-6,13-16,35H,7-12H2,1-4H3,(H,32,33,37). The van der Waals surface area contributed by atoms with Crippen LogP contribution >= 0.6 is 0 Å². The highest BCUT2D eigenvalue weighted by Crippen LogP contribution is 2.38. The first kappa shape index (κ1) is 67.3. The molecule has 26 heteroatoms. The number of hydrogen-bond donors (Lipinski definition) is 3. The lowest BCUT2D eigenvalue weighted by molar-refractivity contribution is -0.138. The monoisotopic (exact) mass is 1280 g/mol. The topological polar surface area (TPSA) is 240 Å². The van der Waals surface area contributed by atoms with Crippen molar-refractivity contribution in [2.45, 2.75) is 135 Å². The minimum atomic E-state index is -4.70. The number of hydrogen-bond acceptors (Lipinski definition) is 14. The third kappa shape index (κ3) is 16.8. The Labute approximate surface area is 512 Å². The number of amidine groups is 2. The molecule has 5 aromatic rings. The molecule has 0 aromatic heterocycles. The molecule has 18 nitrogen and oxygen atoms in total. The van der Waals surface area contributed by atoms with Crippen LogP contribution in [0.5, 0.6) is 11.5 Å². The number of piperidine rings is 2. The number of benzene rings is 5. The fourth-order valence-electron chi connectivity index (χ4n) is 10.5. The minimum absolute atomic E-state index is 0.0109. The van der Waals surface area contributed by atoms with Gasteiger partial charge in [0.25, 0.3) is 11.8 Å². The average Bonchev–Trinajstić information content (AvgIpc) is 1.67. The van der Waals surface area contributed by atoms with E-state index < -0.39 is 95.3 Å². The molecule has 0 radical (unpaired) electrons. The molecule has 89 heavy (non-hydrogen) atoms. The lowest BCUT2D eigenvalue weighted by Gasteiger charge is -2.34. The number of alkyl halides is 6. The molecular formula is C63H70F6N6O12S2. The predicted octanol–water partition coefficient (Wildman–Crippen LogP) is 9.79. The molecule has 2 saturated heterocycles. The van der Waals surface area contributed by atoms with Gasteiger partial charge in [-0.2, -0.15) is 26.3 Å². The van der Waals surface area contributed by atoms with Crippen LogP contribution in [0.15, 0.2) is 113 Å². The van der Waals surface area contributed by atoms with Gasteiger partial charge in [0.15, 0.2) is 0 Å². The van der Waals surface area contributed by atoms with Crippen LogP contribution in [-0.4, -0.2) is 126 Å². The van der Waals surface area contributed by atoms with Crippen molar-refractivity contribution >= 4 is 55.5 Å². The second-order valence-electron chi connectivity index (χ2n) is 24.4. The zero-order valence-corrected chi connectivity index (χ0v) is 52.0. The number of phenolic OH excluding ortho intramolecular Hbond substituents is 1. The molecule has 478 valence electrons. The molecule has 4 aliphatic rings. The van der Waals surface area contributed by atoms with Gasteiger partial charge in [0.05, 0.1) is 33.8 Å². The Hall–Kier alpha value is -7.68. The predicted molar refractivity (Wildman–Crippen MR) is 319 cm³/mol. The number of phenols is 1. The fraction of sp³-hybridized carbons (Fsp3) is 0.429. The summed E-state index contributed by atoms with van der Waals surface area (Å²) in [5.74, 6) is -3.06. The van der Waals surface area contributed by atoms with E-state index in [-0.39, 0.29) is 111 Å². The molecule has 5 aromatic carbocycles.